The average Bonchev–Trinajstić information content (AvgIpc) is 3.41. The van der Waals surface area contributed by atoms with Crippen LogP contribution in [0.15, 0.2) is 18.3 Å². The van der Waals surface area contributed by atoms with Gasteiger partial charge in [-0.3, -0.25) is 4.68 Å². The maximum absolute atomic E-state index is 13.3. The van der Waals surface area contributed by atoms with Gasteiger partial charge in [-0.05, 0) is 49.7 Å². The second-order valence-electron chi connectivity index (χ2n) is 11.0. The van der Waals surface area contributed by atoms with E-state index in [1.54, 1.807) is 15.6 Å². The second kappa shape index (κ2) is 7.06. The van der Waals surface area contributed by atoms with Gasteiger partial charge in [0, 0.05) is 49.0 Å². The van der Waals surface area contributed by atoms with E-state index in [2.05, 4.69) is 15.4 Å². The summed E-state index contributed by atoms with van der Waals surface area (Å²) in [7, 11) is 0. The topological polar surface area (TPSA) is 89.1 Å². The van der Waals surface area contributed by atoms with Crippen LogP contribution in [0.3, 0.4) is 0 Å². The van der Waals surface area contributed by atoms with Crippen LogP contribution in [-0.2, 0) is 18.1 Å². The summed E-state index contributed by atoms with van der Waals surface area (Å²) in [6, 6.07) is 2.39. The zero-order chi connectivity index (χ0) is 25.7. The largest absolute Gasteiger partial charge is 0.419 e. The molecular weight excluding hydrogens is 490 g/mol. The number of fused-ring (bicyclic) bond motifs is 2. The fourth-order valence-corrected chi connectivity index (χ4v) is 6.77. The molecule has 2 aromatic rings. The molecule has 0 aromatic carbocycles. The number of hydrogen-bond donors (Lipinski definition) is 2. The van der Waals surface area contributed by atoms with E-state index in [1.807, 2.05) is 0 Å². The molecule has 2 aromatic heterocycles. The Balaban J connectivity index is 1.13. The number of nitrogens with one attached hydrogen (secondary N) is 1. The third kappa shape index (κ3) is 3.30. The van der Waals surface area contributed by atoms with Gasteiger partial charge in [-0.25, -0.2) is 9.78 Å². The summed E-state index contributed by atoms with van der Waals surface area (Å²) in [5, 5.41) is 7.31. The highest BCUT2D eigenvalue weighted by molar-refractivity contribution is 5.75. The fourth-order valence-electron chi connectivity index (χ4n) is 6.77. The first-order valence-corrected chi connectivity index (χ1v) is 11.8. The number of pyridine rings is 1. The Kier molecular flexibility index (Phi) is 4.59. The molecule has 3 saturated carbocycles. The number of aromatic nitrogens is 3. The molecule has 7 nitrogen and oxygen atoms in total. The molecule has 13 heteroatoms. The van der Waals surface area contributed by atoms with Crippen LogP contribution < -0.4 is 11.1 Å². The van der Waals surface area contributed by atoms with Gasteiger partial charge in [-0.1, -0.05) is 0 Å². The SMILES string of the molecule is Nc1ncc(-c2cc3n(n2)CCC32CCN(C(=O)NCC34CC(C(F)(F)F)(C3)C4)C2)cc1C(F)(F)F. The monoisotopic (exact) mass is 514 g/mol. The number of anilines is 1. The number of nitrogen functional groups attached to an aromatic ring is 1. The van der Waals surface area contributed by atoms with Gasteiger partial charge >= 0.3 is 18.4 Å². The zero-order valence-electron chi connectivity index (χ0n) is 19.1. The van der Waals surface area contributed by atoms with Gasteiger partial charge in [0.05, 0.1) is 16.7 Å². The molecular formula is C23H24F6N6O. The smallest absolute Gasteiger partial charge is 0.383 e. The molecule has 0 radical (unpaired) electrons. The van der Waals surface area contributed by atoms with Crippen LogP contribution in [0, 0.1) is 10.8 Å². The van der Waals surface area contributed by atoms with Crippen molar-refractivity contribution >= 4 is 11.8 Å². The minimum Gasteiger partial charge on any atom is -0.383 e. The normalized spacial score (nSPS) is 30.8. The van der Waals surface area contributed by atoms with Gasteiger partial charge in [0.1, 0.15) is 5.82 Å². The van der Waals surface area contributed by atoms with Gasteiger partial charge in [-0.15, -0.1) is 0 Å². The molecule has 2 aliphatic heterocycles. The van der Waals surface area contributed by atoms with Gasteiger partial charge in [0.25, 0.3) is 0 Å². The standard InChI is InChI=1S/C23H24F6N6O/c24-22(25,26)14-5-13(7-31-17(14)30)15-6-16-20(2-4-35(16)33-15)1-3-34(12-20)18(36)32-11-19-8-21(9-19,10-19)23(27,28)29/h5-7H,1-4,8-12H2,(H2,30,31)(H,32,36). The highest BCUT2D eigenvalue weighted by Crippen LogP contribution is 2.78. The Morgan fingerprint density at radius 3 is 2.44 bits per heavy atom. The van der Waals surface area contributed by atoms with E-state index in [-0.39, 0.29) is 42.8 Å². The minimum atomic E-state index is -4.64. The first kappa shape index (κ1) is 23.4. The minimum absolute atomic E-state index is 0.0751. The van der Waals surface area contributed by atoms with Crippen molar-refractivity contribution in [2.45, 2.75) is 56.4 Å². The van der Waals surface area contributed by atoms with E-state index >= 15 is 0 Å². The molecule has 1 unspecified atom stereocenters. The molecule has 2 bridgehead atoms. The number of amides is 2. The molecule has 1 saturated heterocycles. The van der Waals surface area contributed by atoms with Crippen molar-refractivity contribution in [1.29, 1.82) is 0 Å². The van der Waals surface area contributed by atoms with E-state index in [9.17, 15) is 31.1 Å². The number of rotatable bonds is 3. The maximum atomic E-state index is 13.3. The van der Waals surface area contributed by atoms with Gasteiger partial charge < -0.3 is 16.0 Å². The summed E-state index contributed by atoms with van der Waals surface area (Å²) in [6.45, 7) is 1.70. The fraction of sp³-hybridized carbons (Fsp3) is 0.609. The van der Waals surface area contributed by atoms with Crippen LogP contribution in [0.25, 0.3) is 11.3 Å². The lowest BCUT2D eigenvalue weighted by atomic mass is 9.35. The predicted molar refractivity (Wildman–Crippen MR) is 116 cm³/mol. The third-order valence-corrected chi connectivity index (χ3v) is 8.64. The molecule has 2 amide bonds. The van der Waals surface area contributed by atoms with Crippen LogP contribution in [0.1, 0.15) is 43.4 Å². The number of hydrogen-bond acceptors (Lipinski definition) is 4. The molecule has 3 aliphatic carbocycles. The molecule has 3 N–H and O–H groups in total. The van der Waals surface area contributed by atoms with Crippen molar-refractivity contribution in [3.05, 3.63) is 29.6 Å². The Bertz CT molecular complexity index is 1230. The Morgan fingerprint density at radius 2 is 1.78 bits per heavy atom. The summed E-state index contributed by atoms with van der Waals surface area (Å²) in [5.74, 6) is -0.598. The van der Waals surface area contributed by atoms with Crippen molar-refractivity contribution in [3.63, 3.8) is 0 Å². The molecule has 194 valence electrons. The third-order valence-electron chi connectivity index (χ3n) is 8.64. The number of alkyl halides is 6. The van der Waals surface area contributed by atoms with E-state index < -0.39 is 34.6 Å². The van der Waals surface area contributed by atoms with Gasteiger partial charge in [-0.2, -0.15) is 31.4 Å². The molecule has 4 fully saturated rings. The number of nitrogens with two attached hydrogens (primary N) is 1. The Morgan fingerprint density at radius 1 is 1.08 bits per heavy atom. The first-order valence-electron chi connectivity index (χ1n) is 11.8. The molecule has 1 atom stereocenters. The summed E-state index contributed by atoms with van der Waals surface area (Å²) in [5.41, 5.74) is 3.45. The van der Waals surface area contributed by atoms with Crippen molar-refractivity contribution in [3.8, 4) is 11.3 Å². The number of likely N-dealkylation sites (tertiary alicyclic amines) is 1. The van der Waals surface area contributed by atoms with E-state index in [4.69, 9.17) is 5.73 Å². The summed E-state index contributed by atoms with van der Waals surface area (Å²) < 4.78 is 80.7. The lowest BCUT2D eigenvalue weighted by molar-refractivity contribution is -0.360. The highest BCUT2D eigenvalue weighted by atomic mass is 19.4. The number of carbonyl (C=O) groups excluding carboxylic acids is 1. The molecule has 5 aliphatic rings. The predicted octanol–water partition coefficient (Wildman–Crippen LogP) is 4.34. The summed E-state index contributed by atoms with van der Waals surface area (Å²) >= 11 is 0. The molecule has 4 heterocycles. The zero-order valence-corrected chi connectivity index (χ0v) is 19.1. The number of nitrogens with zero attached hydrogens (tertiary/aromatic N) is 4. The van der Waals surface area contributed by atoms with Crippen LogP contribution in [-0.4, -0.2) is 51.5 Å². The molecule has 36 heavy (non-hydrogen) atoms. The van der Waals surface area contributed by atoms with Crippen LogP contribution in [0.5, 0.6) is 0 Å². The van der Waals surface area contributed by atoms with Crippen molar-refractivity contribution in [1.82, 2.24) is 25.0 Å². The van der Waals surface area contributed by atoms with Crippen LogP contribution in [0.2, 0.25) is 0 Å². The van der Waals surface area contributed by atoms with E-state index in [1.165, 1.54) is 6.20 Å². The second-order valence-corrected chi connectivity index (χ2v) is 11.0. The number of aryl methyl sites for hydroxylation is 1. The molecule has 7 rings (SSSR count). The number of halogens is 6. The van der Waals surface area contributed by atoms with E-state index in [0.29, 0.717) is 31.7 Å². The first-order chi connectivity index (χ1) is 16.7. The molecule has 1 spiro atoms. The quantitative estimate of drug-likeness (QED) is 0.597. The Labute approximate surface area is 202 Å². The van der Waals surface area contributed by atoms with E-state index in [0.717, 1.165) is 18.2 Å². The van der Waals surface area contributed by atoms with Crippen LogP contribution in [0.4, 0.5) is 37.0 Å². The van der Waals surface area contributed by atoms with Crippen molar-refractivity contribution in [2.75, 3.05) is 25.4 Å². The average molecular weight is 514 g/mol. The van der Waals surface area contributed by atoms with Crippen LogP contribution >= 0.6 is 0 Å². The van der Waals surface area contributed by atoms with Gasteiger partial charge in [0.2, 0.25) is 0 Å². The summed E-state index contributed by atoms with van der Waals surface area (Å²) in [6.07, 6.45) is -5.92. The van der Waals surface area contributed by atoms with Crippen molar-refractivity contribution in [2.24, 2.45) is 10.8 Å². The summed E-state index contributed by atoms with van der Waals surface area (Å²) in [4.78, 5) is 18.2. The maximum Gasteiger partial charge on any atom is 0.419 e. The lowest BCUT2D eigenvalue weighted by Gasteiger charge is -2.70. The highest BCUT2D eigenvalue weighted by Gasteiger charge is 2.78. The number of carbonyl (C=O) groups is 1. The number of urea groups is 1. The Hall–Kier alpha value is -2.99. The van der Waals surface area contributed by atoms with Gasteiger partial charge in [0.15, 0.2) is 0 Å². The van der Waals surface area contributed by atoms with Crippen molar-refractivity contribution < 1.29 is 31.1 Å². The lowest BCUT2D eigenvalue weighted by Crippen LogP contribution is -2.71.